The molecule has 6 nitrogen and oxygen atoms in total. The highest BCUT2D eigenvalue weighted by Gasteiger charge is 2.55. The Hall–Kier alpha value is -2.34. The van der Waals surface area contributed by atoms with Crippen molar-refractivity contribution in [3.8, 4) is 17.4 Å². The van der Waals surface area contributed by atoms with Gasteiger partial charge in [-0.3, -0.25) is 4.68 Å². The summed E-state index contributed by atoms with van der Waals surface area (Å²) in [7, 11) is 0. The van der Waals surface area contributed by atoms with Gasteiger partial charge in [0.25, 0.3) is 0 Å². The van der Waals surface area contributed by atoms with Gasteiger partial charge in [0.05, 0.1) is 28.8 Å². The zero-order chi connectivity index (χ0) is 19.8. The van der Waals surface area contributed by atoms with Crippen LogP contribution >= 0.6 is 0 Å². The minimum Gasteiger partial charge on any atom is -0.375 e. The Bertz CT molecular complexity index is 945. The molecule has 0 aliphatic heterocycles. The molecule has 4 rings (SSSR count). The molecule has 0 bridgehead atoms. The van der Waals surface area contributed by atoms with E-state index in [1.54, 1.807) is 17.8 Å². The highest BCUT2D eigenvalue weighted by atomic mass is 19.4. The standard InChI is InChI=1S/C18H19F3N4O2/c1-9-4-12-11(7-25(23-12)10-5-16(2,6-10)8-22)14-13(9)15(24-27-14)17(3,26)18(19,20)21/h7,9-10,26H,4-6H2,1-3H3/t9-,10?,16?,17+/m0/s1. The van der Waals surface area contributed by atoms with Gasteiger partial charge in [0.15, 0.2) is 5.76 Å². The number of alkyl halides is 3. The van der Waals surface area contributed by atoms with Crippen LogP contribution in [0.25, 0.3) is 11.3 Å². The molecule has 0 unspecified atom stereocenters. The molecule has 2 aromatic rings. The van der Waals surface area contributed by atoms with Gasteiger partial charge in [0.1, 0.15) is 5.69 Å². The number of halogens is 3. The molecule has 9 heteroatoms. The number of rotatable bonds is 2. The van der Waals surface area contributed by atoms with Crippen LogP contribution in [0.2, 0.25) is 0 Å². The van der Waals surface area contributed by atoms with Crippen molar-refractivity contribution >= 4 is 0 Å². The third kappa shape index (κ3) is 2.50. The van der Waals surface area contributed by atoms with Gasteiger partial charge < -0.3 is 9.63 Å². The van der Waals surface area contributed by atoms with Crippen molar-refractivity contribution in [3.05, 3.63) is 23.1 Å². The fourth-order valence-corrected chi connectivity index (χ4v) is 4.04. The molecule has 0 saturated heterocycles. The van der Waals surface area contributed by atoms with Crippen molar-refractivity contribution in [3.63, 3.8) is 0 Å². The Balaban J connectivity index is 1.73. The van der Waals surface area contributed by atoms with Crippen LogP contribution in [0.5, 0.6) is 0 Å². The molecule has 2 aromatic heterocycles. The van der Waals surface area contributed by atoms with E-state index in [1.165, 1.54) is 0 Å². The van der Waals surface area contributed by atoms with Crippen molar-refractivity contribution in [2.75, 3.05) is 0 Å². The second kappa shape index (κ2) is 5.35. The van der Waals surface area contributed by atoms with E-state index in [-0.39, 0.29) is 28.7 Å². The zero-order valence-corrected chi connectivity index (χ0v) is 15.1. The van der Waals surface area contributed by atoms with Crippen LogP contribution in [0.15, 0.2) is 10.7 Å². The Morgan fingerprint density at radius 3 is 2.67 bits per heavy atom. The van der Waals surface area contributed by atoms with E-state index in [1.807, 2.05) is 6.92 Å². The summed E-state index contributed by atoms with van der Waals surface area (Å²) in [5, 5.41) is 27.4. The number of fused-ring (bicyclic) bond motifs is 3. The molecular weight excluding hydrogens is 361 g/mol. The predicted molar refractivity (Wildman–Crippen MR) is 87.5 cm³/mol. The van der Waals surface area contributed by atoms with Gasteiger partial charge >= 0.3 is 6.18 Å². The zero-order valence-electron chi connectivity index (χ0n) is 15.1. The second-order valence-corrected chi connectivity index (χ2v) is 8.15. The van der Waals surface area contributed by atoms with Crippen molar-refractivity contribution < 1.29 is 22.8 Å². The fraction of sp³-hybridized carbons (Fsp3) is 0.611. The summed E-state index contributed by atoms with van der Waals surface area (Å²) in [6.07, 6.45) is -1.33. The molecule has 2 aliphatic rings. The second-order valence-electron chi connectivity index (χ2n) is 8.15. The molecule has 0 radical (unpaired) electrons. The van der Waals surface area contributed by atoms with Crippen LogP contribution in [0.1, 0.15) is 62.5 Å². The minimum absolute atomic E-state index is 0.0830. The summed E-state index contributed by atoms with van der Waals surface area (Å²) in [5.41, 5.74) is -2.33. The van der Waals surface area contributed by atoms with E-state index < -0.39 is 17.5 Å². The van der Waals surface area contributed by atoms with Gasteiger partial charge in [0.2, 0.25) is 5.60 Å². The summed E-state index contributed by atoms with van der Waals surface area (Å²) in [4.78, 5) is 0. The number of hydrogen-bond donors (Lipinski definition) is 1. The quantitative estimate of drug-likeness (QED) is 0.855. The van der Waals surface area contributed by atoms with Crippen molar-refractivity contribution in [2.45, 2.75) is 63.8 Å². The highest BCUT2D eigenvalue weighted by Crippen LogP contribution is 2.50. The average Bonchev–Trinajstić information content (AvgIpc) is 3.14. The first-order valence-corrected chi connectivity index (χ1v) is 8.75. The lowest BCUT2D eigenvalue weighted by molar-refractivity contribution is -0.261. The number of aliphatic hydroxyl groups is 1. The summed E-state index contributed by atoms with van der Waals surface area (Å²) in [6.45, 7) is 4.35. The maximum Gasteiger partial charge on any atom is 0.422 e. The number of aromatic nitrogens is 3. The summed E-state index contributed by atoms with van der Waals surface area (Å²) >= 11 is 0. The van der Waals surface area contributed by atoms with Gasteiger partial charge in [-0.05, 0) is 39.0 Å². The minimum atomic E-state index is -4.87. The molecule has 0 aromatic carbocycles. The molecule has 27 heavy (non-hydrogen) atoms. The van der Waals surface area contributed by atoms with E-state index in [2.05, 4.69) is 16.3 Å². The van der Waals surface area contributed by atoms with E-state index in [0.717, 1.165) is 5.69 Å². The molecule has 144 valence electrons. The lowest BCUT2D eigenvalue weighted by atomic mass is 9.68. The topological polar surface area (TPSA) is 87.9 Å². The molecule has 2 aliphatic carbocycles. The van der Waals surface area contributed by atoms with E-state index in [4.69, 9.17) is 9.78 Å². The molecule has 1 N–H and O–H groups in total. The van der Waals surface area contributed by atoms with Crippen LogP contribution in [-0.2, 0) is 12.0 Å². The number of hydrogen-bond acceptors (Lipinski definition) is 5. The number of nitriles is 1. The lowest BCUT2D eigenvalue weighted by Gasteiger charge is -2.39. The van der Waals surface area contributed by atoms with Gasteiger partial charge in [-0.2, -0.15) is 23.5 Å². The third-order valence-corrected chi connectivity index (χ3v) is 5.80. The summed E-state index contributed by atoms with van der Waals surface area (Å²) in [5.74, 6) is -0.0893. The molecule has 0 spiro atoms. The van der Waals surface area contributed by atoms with Gasteiger partial charge in [-0.25, -0.2) is 0 Å². The van der Waals surface area contributed by atoms with Crippen LogP contribution in [0.4, 0.5) is 13.2 Å². The highest BCUT2D eigenvalue weighted by molar-refractivity contribution is 5.68. The normalized spacial score (nSPS) is 29.3. The van der Waals surface area contributed by atoms with E-state index in [9.17, 15) is 18.3 Å². The van der Waals surface area contributed by atoms with Gasteiger partial charge in [-0.15, -0.1) is 0 Å². The molecular formula is C18H19F3N4O2. The van der Waals surface area contributed by atoms with Crippen LogP contribution in [0.3, 0.4) is 0 Å². The SMILES string of the molecule is C[C@H]1Cc2nn(C3CC(C)(C#N)C3)cc2-c2onc([C@@](C)(O)C(F)(F)F)c21. The van der Waals surface area contributed by atoms with Crippen LogP contribution in [-0.4, -0.2) is 26.2 Å². The Kier molecular flexibility index (Phi) is 3.57. The van der Waals surface area contributed by atoms with Crippen LogP contribution < -0.4 is 0 Å². The van der Waals surface area contributed by atoms with E-state index in [0.29, 0.717) is 31.7 Å². The van der Waals surface area contributed by atoms with Crippen molar-refractivity contribution in [2.24, 2.45) is 5.41 Å². The average molecular weight is 380 g/mol. The summed E-state index contributed by atoms with van der Waals surface area (Å²) < 4.78 is 46.9. The Labute approximate surface area is 153 Å². The smallest absolute Gasteiger partial charge is 0.375 e. The molecule has 2 atom stereocenters. The lowest BCUT2D eigenvalue weighted by Crippen LogP contribution is -2.40. The largest absolute Gasteiger partial charge is 0.422 e. The van der Waals surface area contributed by atoms with Gasteiger partial charge in [-0.1, -0.05) is 12.1 Å². The predicted octanol–water partition coefficient (Wildman–Crippen LogP) is 3.83. The first-order valence-electron chi connectivity index (χ1n) is 8.75. The van der Waals surface area contributed by atoms with Gasteiger partial charge in [0, 0.05) is 11.8 Å². The molecule has 1 saturated carbocycles. The van der Waals surface area contributed by atoms with E-state index >= 15 is 0 Å². The molecule has 2 heterocycles. The molecule has 0 amide bonds. The summed E-state index contributed by atoms with van der Waals surface area (Å²) in [6, 6.07) is 2.38. The maximum atomic E-state index is 13.3. The molecule has 1 fully saturated rings. The Morgan fingerprint density at radius 1 is 1.41 bits per heavy atom. The number of nitrogens with zero attached hydrogens (tertiary/aromatic N) is 4. The monoisotopic (exact) mass is 380 g/mol. The fourth-order valence-electron chi connectivity index (χ4n) is 4.04. The Morgan fingerprint density at radius 2 is 2.07 bits per heavy atom. The maximum absolute atomic E-state index is 13.3. The van der Waals surface area contributed by atoms with Crippen LogP contribution in [0, 0.1) is 16.7 Å². The first-order chi connectivity index (χ1) is 12.5. The first kappa shape index (κ1) is 18.0. The van der Waals surface area contributed by atoms with Crippen molar-refractivity contribution in [1.82, 2.24) is 14.9 Å². The third-order valence-electron chi connectivity index (χ3n) is 5.80. The van der Waals surface area contributed by atoms with Crippen molar-refractivity contribution in [1.29, 1.82) is 5.26 Å².